The highest BCUT2D eigenvalue weighted by molar-refractivity contribution is 5.29. The highest BCUT2D eigenvalue weighted by Crippen LogP contribution is 2.30. The van der Waals surface area contributed by atoms with Gasteiger partial charge in [-0.15, -0.1) is 0 Å². The first-order valence-electron chi connectivity index (χ1n) is 6.14. The molecule has 0 aliphatic carbocycles. The average molecular weight is 240 g/mol. The first-order chi connectivity index (χ1) is 8.84. The van der Waals surface area contributed by atoms with Crippen LogP contribution in [0.3, 0.4) is 0 Å². The van der Waals surface area contributed by atoms with Gasteiger partial charge in [0.1, 0.15) is 6.33 Å². The largest absolute Gasteiger partial charge is 0.325 e. The molecule has 1 fully saturated rings. The zero-order chi connectivity index (χ0) is 12.4. The lowest BCUT2D eigenvalue weighted by Crippen LogP contribution is -2.56. The lowest BCUT2D eigenvalue weighted by Gasteiger charge is -2.42. The molecule has 3 rings (SSSR count). The monoisotopic (exact) mass is 240 g/mol. The van der Waals surface area contributed by atoms with Crippen molar-refractivity contribution in [3.05, 3.63) is 60.2 Å². The molecule has 1 aliphatic heterocycles. The topological polar surface area (TPSA) is 55.0 Å². The number of benzene rings is 1. The van der Waals surface area contributed by atoms with Crippen molar-refractivity contribution in [2.24, 2.45) is 5.73 Å². The molecule has 18 heavy (non-hydrogen) atoms. The van der Waals surface area contributed by atoms with Crippen molar-refractivity contribution < 1.29 is 0 Å². The lowest BCUT2D eigenvalue weighted by atomic mass is 9.95. The fourth-order valence-corrected chi connectivity index (χ4v) is 2.46. The van der Waals surface area contributed by atoms with Crippen LogP contribution in [0.15, 0.2) is 49.1 Å². The molecule has 4 nitrogen and oxygen atoms in total. The van der Waals surface area contributed by atoms with E-state index < -0.39 is 0 Å². The highest BCUT2D eigenvalue weighted by atomic mass is 15.2. The minimum atomic E-state index is 0.215. The van der Waals surface area contributed by atoms with E-state index in [9.17, 15) is 0 Å². The molecule has 0 unspecified atom stereocenters. The van der Waals surface area contributed by atoms with Crippen LogP contribution in [0.25, 0.3) is 0 Å². The molecular weight excluding hydrogens is 224 g/mol. The van der Waals surface area contributed by atoms with Gasteiger partial charge in [0.15, 0.2) is 0 Å². The summed E-state index contributed by atoms with van der Waals surface area (Å²) in [5, 5.41) is 0. The van der Waals surface area contributed by atoms with Crippen molar-refractivity contribution in [1.29, 1.82) is 0 Å². The van der Waals surface area contributed by atoms with Gasteiger partial charge in [-0.2, -0.15) is 0 Å². The normalized spacial score (nSPS) is 18.3. The Morgan fingerprint density at radius 1 is 1.06 bits per heavy atom. The van der Waals surface area contributed by atoms with Gasteiger partial charge in [-0.25, -0.2) is 9.97 Å². The number of nitrogens with two attached hydrogens (primary N) is 1. The van der Waals surface area contributed by atoms with E-state index in [-0.39, 0.29) is 6.04 Å². The molecule has 0 spiro atoms. The number of hydrogen-bond acceptors (Lipinski definition) is 4. The fourth-order valence-electron chi connectivity index (χ4n) is 2.46. The van der Waals surface area contributed by atoms with Crippen LogP contribution in [0, 0.1) is 0 Å². The van der Waals surface area contributed by atoms with E-state index >= 15 is 0 Å². The number of likely N-dealkylation sites (tertiary alicyclic amines) is 1. The van der Waals surface area contributed by atoms with Crippen molar-refractivity contribution in [1.82, 2.24) is 14.9 Å². The molecule has 1 atom stereocenters. The predicted octanol–water partition coefficient (Wildman–Crippen LogP) is 1.21. The Kier molecular flexibility index (Phi) is 3.04. The van der Waals surface area contributed by atoms with Gasteiger partial charge in [-0.1, -0.05) is 30.3 Å². The van der Waals surface area contributed by atoms with Gasteiger partial charge < -0.3 is 5.73 Å². The van der Waals surface area contributed by atoms with Gasteiger partial charge >= 0.3 is 0 Å². The standard InChI is InChI=1S/C14H16N4/c15-13-8-18(9-13)14(11-4-2-1-3-5-11)12-6-16-10-17-7-12/h1-7,10,13-14H,8-9,15H2/t14-/m1/s1. The Balaban J connectivity index is 1.94. The van der Waals surface area contributed by atoms with Crippen LogP contribution in [0.2, 0.25) is 0 Å². The summed E-state index contributed by atoms with van der Waals surface area (Å²) < 4.78 is 0. The maximum absolute atomic E-state index is 5.89. The average Bonchev–Trinajstić information content (AvgIpc) is 2.40. The summed E-state index contributed by atoms with van der Waals surface area (Å²) in [6, 6.07) is 10.9. The van der Waals surface area contributed by atoms with Crippen LogP contribution in [0.1, 0.15) is 17.2 Å². The Labute approximate surface area is 106 Å². The minimum absolute atomic E-state index is 0.215. The summed E-state index contributed by atoms with van der Waals surface area (Å²) in [6.07, 6.45) is 5.33. The van der Waals surface area contributed by atoms with E-state index in [0.717, 1.165) is 18.7 Å². The van der Waals surface area contributed by atoms with Gasteiger partial charge in [0.05, 0.1) is 6.04 Å². The first kappa shape index (κ1) is 11.3. The van der Waals surface area contributed by atoms with E-state index in [4.69, 9.17) is 5.73 Å². The summed E-state index contributed by atoms with van der Waals surface area (Å²) >= 11 is 0. The Hall–Kier alpha value is -1.78. The summed E-state index contributed by atoms with van der Waals surface area (Å²) in [5.41, 5.74) is 8.27. The molecule has 0 radical (unpaired) electrons. The van der Waals surface area contributed by atoms with Crippen LogP contribution >= 0.6 is 0 Å². The summed E-state index contributed by atoms with van der Waals surface area (Å²) in [4.78, 5) is 10.6. The third-order valence-corrected chi connectivity index (χ3v) is 3.31. The third-order valence-electron chi connectivity index (χ3n) is 3.31. The van der Waals surface area contributed by atoms with Gasteiger partial charge in [0, 0.05) is 37.1 Å². The second-order valence-electron chi connectivity index (χ2n) is 4.70. The van der Waals surface area contributed by atoms with E-state index in [1.54, 1.807) is 6.33 Å². The van der Waals surface area contributed by atoms with Crippen LogP contribution in [-0.4, -0.2) is 34.0 Å². The number of rotatable bonds is 3. The summed E-state index contributed by atoms with van der Waals surface area (Å²) in [6.45, 7) is 1.85. The first-order valence-corrected chi connectivity index (χ1v) is 6.14. The quantitative estimate of drug-likeness (QED) is 0.876. The number of nitrogens with zero attached hydrogens (tertiary/aromatic N) is 3. The molecule has 92 valence electrons. The molecule has 1 aromatic heterocycles. The highest BCUT2D eigenvalue weighted by Gasteiger charge is 2.31. The number of hydrogen-bond donors (Lipinski definition) is 1. The Morgan fingerprint density at radius 3 is 2.33 bits per heavy atom. The molecule has 2 aromatic rings. The summed E-state index contributed by atoms with van der Waals surface area (Å²) in [5.74, 6) is 0. The van der Waals surface area contributed by atoms with E-state index in [2.05, 4.69) is 39.1 Å². The van der Waals surface area contributed by atoms with Crippen LogP contribution in [0.4, 0.5) is 0 Å². The molecule has 2 N–H and O–H groups in total. The van der Waals surface area contributed by atoms with Gasteiger partial charge in [-0.05, 0) is 5.56 Å². The van der Waals surface area contributed by atoms with Crippen LogP contribution in [-0.2, 0) is 0 Å². The van der Waals surface area contributed by atoms with Crippen molar-refractivity contribution in [2.75, 3.05) is 13.1 Å². The van der Waals surface area contributed by atoms with Crippen LogP contribution < -0.4 is 5.73 Å². The lowest BCUT2D eigenvalue weighted by molar-refractivity contribution is 0.113. The molecular formula is C14H16N4. The van der Waals surface area contributed by atoms with Crippen molar-refractivity contribution in [2.45, 2.75) is 12.1 Å². The summed E-state index contributed by atoms with van der Waals surface area (Å²) in [7, 11) is 0. The van der Waals surface area contributed by atoms with Crippen molar-refractivity contribution in [3.8, 4) is 0 Å². The fraction of sp³-hybridized carbons (Fsp3) is 0.286. The maximum atomic E-state index is 5.89. The Bertz CT molecular complexity index is 454. The minimum Gasteiger partial charge on any atom is -0.325 e. The second-order valence-corrected chi connectivity index (χ2v) is 4.70. The molecule has 4 heteroatoms. The molecule has 0 amide bonds. The molecule has 1 aliphatic rings. The zero-order valence-corrected chi connectivity index (χ0v) is 10.1. The Morgan fingerprint density at radius 2 is 1.72 bits per heavy atom. The van der Waals surface area contributed by atoms with Crippen molar-refractivity contribution in [3.63, 3.8) is 0 Å². The van der Waals surface area contributed by atoms with Gasteiger partial charge in [0.2, 0.25) is 0 Å². The van der Waals surface area contributed by atoms with Gasteiger partial charge in [0.25, 0.3) is 0 Å². The third kappa shape index (κ3) is 2.12. The van der Waals surface area contributed by atoms with E-state index in [1.807, 2.05) is 18.5 Å². The molecule has 0 bridgehead atoms. The van der Waals surface area contributed by atoms with E-state index in [1.165, 1.54) is 5.56 Å². The van der Waals surface area contributed by atoms with Gasteiger partial charge in [-0.3, -0.25) is 4.90 Å². The number of aromatic nitrogens is 2. The van der Waals surface area contributed by atoms with Crippen LogP contribution in [0.5, 0.6) is 0 Å². The van der Waals surface area contributed by atoms with Crippen molar-refractivity contribution >= 4 is 0 Å². The smallest absolute Gasteiger partial charge is 0.115 e. The second kappa shape index (κ2) is 4.84. The molecule has 1 aromatic carbocycles. The zero-order valence-electron chi connectivity index (χ0n) is 10.1. The SMILES string of the molecule is NC1CN([C@H](c2ccccc2)c2cncnc2)C1. The maximum Gasteiger partial charge on any atom is 0.115 e. The molecule has 1 saturated heterocycles. The van der Waals surface area contributed by atoms with E-state index in [0.29, 0.717) is 6.04 Å². The molecule has 0 saturated carbocycles. The molecule has 2 heterocycles. The predicted molar refractivity (Wildman–Crippen MR) is 69.9 cm³/mol.